The van der Waals surface area contributed by atoms with Crippen LogP contribution >= 0.6 is 39.1 Å². The van der Waals surface area contributed by atoms with Crippen molar-refractivity contribution in [2.24, 2.45) is 0 Å². The van der Waals surface area contributed by atoms with Crippen LogP contribution in [0.1, 0.15) is 0 Å². The number of ether oxygens (including phenoxy) is 1. The van der Waals surface area contributed by atoms with Gasteiger partial charge < -0.3 is 4.74 Å². The fourth-order valence-corrected chi connectivity index (χ4v) is 3.92. The summed E-state index contributed by atoms with van der Waals surface area (Å²) in [5.74, 6) is 0. The summed E-state index contributed by atoms with van der Waals surface area (Å²) in [6, 6.07) is 4.24. The van der Waals surface area contributed by atoms with Crippen LogP contribution in [0, 0.1) is 0 Å². The van der Waals surface area contributed by atoms with Gasteiger partial charge in [0.05, 0.1) is 26.4 Å². The summed E-state index contributed by atoms with van der Waals surface area (Å²) in [6.45, 7) is 0.706. The van der Waals surface area contributed by atoms with E-state index >= 15 is 0 Å². The summed E-state index contributed by atoms with van der Waals surface area (Å²) in [4.78, 5) is 0.0292. The van der Waals surface area contributed by atoms with Gasteiger partial charge in [-0.3, -0.25) is 0 Å². The van der Waals surface area contributed by atoms with E-state index < -0.39 is 10.0 Å². The number of hydrogen-bond acceptors (Lipinski definition) is 3. The van der Waals surface area contributed by atoms with Crippen LogP contribution in [0.15, 0.2) is 23.1 Å². The van der Waals surface area contributed by atoms with Crippen LogP contribution in [0.3, 0.4) is 0 Å². The number of nitrogens with zero attached hydrogens (tertiary/aromatic N) is 1. The molecule has 1 atom stereocenters. The molecule has 0 heterocycles. The Morgan fingerprint density at radius 1 is 1.37 bits per heavy atom. The molecule has 0 radical (unpaired) electrons. The van der Waals surface area contributed by atoms with E-state index in [-0.39, 0.29) is 21.3 Å². The minimum atomic E-state index is -3.59. The minimum Gasteiger partial charge on any atom is -0.383 e. The number of methoxy groups -OCH3 is 1. The molecule has 0 aliphatic heterocycles. The van der Waals surface area contributed by atoms with E-state index in [2.05, 4.69) is 15.9 Å². The van der Waals surface area contributed by atoms with E-state index in [0.29, 0.717) is 11.6 Å². The molecule has 1 rings (SSSR count). The molecule has 19 heavy (non-hydrogen) atoms. The molecule has 108 valence electrons. The number of sulfonamides is 1. The number of rotatable bonds is 6. The molecule has 0 N–H and O–H groups in total. The average molecular weight is 391 g/mol. The molecule has 1 aromatic carbocycles. The van der Waals surface area contributed by atoms with Crippen LogP contribution in [-0.4, -0.2) is 44.9 Å². The fraction of sp³-hybridized carbons (Fsp3) is 0.455. The van der Waals surface area contributed by atoms with Gasteiger partial charge in [0.1, 0.15) is 0 Å². The van der Waals surface area contributed by atoms with Crippen LogP contribution in [0.2, 0.25) is 10.0 Å². The first-order valence-electron chi connectivity index (χ1n) is 5.33. The summed E-state index contributed by atoms with van der Waals surface area (Å²) in [5.41, 5.74) is 0. The lowest BCUT2D eigenvalue weighted by Crippen LogP contribution is -2.33. The van der Waals surface area contributed by atoms with Crippen LogP contribution in [0.4, 0.5) is 0 Å². The number of halogens is 3. The highest BCUT2D eigenvalue weighted by Crippen LogP contribution is 2.26. The molecule has 0 bridgehead atoms. The van der Waals surface area contributed by atoms with E-state index in [1.54, 1.807) is 7.11 Å². The quantitative estimate of drug-likeness (QED) is 0.701. The molecule has 0 aliphatic rings. The molecule has 0 aromatic heterocycles. The Balaban J connectivity index is 2.93. The zero-order valence-electron chi connectivity index (χ0n) is 10.4. The summed E-state index contributed by atoms with van der Waals surface area (Å²) < 4.78 is 30.8. The van der Waals surface area contributed by atoms with Crippen molar-refractivity contribution < 1.29 is 13.2 Å². The number of alkyl halides is 1. The predicted octanol–water partition coefficient (Wildman–Crippen LogP) is 3.02. The molecule has 0 fully saturated rings. The highest BCUT2D eigenvalue weighted by Gasteiger charge is 2.23. The van der Waals surface area contributed by atoms with E-state index in [1.165, 1.54) is 29.6 Å². The number of hydrogen-bond donors (Lipinski definition) is 0. The largest absolute Gasteiger partial charge is 0.383 e. The smallest absolute Gasteiger partial charge is 0.242 e. The van der Waals surface area contributed by atoms with Gasteiger partial charge in [-0.1, -0.05) is 39.1 Å². The van der Waals surface area contributed by atoms with Crippen molar-refractivity contribution in [1.29, 1.82) is 0 Å². The Morgan fingerprint density at radius 3 is 2.53 bits per heavy atom. The normalized spacial score (nSPS) is 13.8. The Morgan fingerprint density at radius 2 is 2.00 bits per heavy atom. The Labute approximate surface area is 131 Å². The Hall–Kier alpha value is 0.150. The molecule has 1 unspecified atom stereocenters. The minimum absolute atomic E-state index is 0.0833. The van der Waals surface area contributed by atoms with Gasteiger partial charge in [0.15, 0.2) is 0 Å². The third-order valence-corrected chi connectivity index (χ3v) is 5.51. The summed E-state index contributed by atoms with van der Waals surface area (Å²) in [5, 5.41) is 0.532. The topological polar surface area (TPSA) is 46.6 Å². The molecule has 0 aliphatic carbocycles. The fourth-order valence-electron chi connectivity index (χ4n) is 1.43. The van der Waals surface area contributed by atoms with Crippen molar-refractivity contribution in [3.05, 3.63) is 28.2 Å². The van der Waals surface area contributed by atoms with Crippen LogP contribution < -0.4 is 0 Å². The Bertz CT molecular complexity index is 539. The first-order chi connectivity index (χ1) is 8.78. The molecule has 0 saturated heterocycles. The van der Waals surface area contributed by atoms with Crippen molar-refractivity contribution in [2.45, 2.75) is 9.72 Å². The molecular weight excluding hydrogens is 377 g/mol. The van der Waals surface area contributed by atoms with E-state index in [9.17, 15) is 8.42 Å². The lowest BCUT2D eigenvalue weighted by Gasteiger charge is -2.20. The third kappa shape index (κ3) is 4.58. The third-order valence-electron chi connectivity index (χ3n) is 2.40. The van der Waals surface area contributed by atoms with Crippen molar-refractivity contribution in [1.82, 2.24) is 4.31 Å². The molecular formula is C11H14BrCl2NO3S. The standard InChI is InChI=1S/C11H14BrCl2NO3S/c1-15(6-8(12)7-18-2)19(16,17)9-3-4-10(13)11(14)5-9/h3-5,8H,6-7H2,1-2H3. The van der Waals surface area contributed by atoms with Gasteiger partial charge in [-0.25, -0.2) is 8.42 Å². The maximum Gasteiger partial charge on any atom is 0.242 e. The number of benzene rings is 1. The second-order valence-corrected chi connectivity index (χ2v) is 8.07. The van der Waals surface area contributed by atoms with Crippen LogP contribution in [-0.2, 0) is 14.8 Å². The summed E-state index contributed by atoms with van der Waals surface area (Å²) in [6.07, 6.45) is 0. The second-order valence-electron chi connectivity index (χ2n) is 3.91. The molecule has 1 aromatic rings. The molecule has 0 saturated carbocycles. The average Bonchev–Trinajstić information content (AvgIpc) is 2.32. The Kier molecular flexibility index (Phi) is 6.56. The lowest BCUT2D eigenvalue weighted by molar-refractivity contribution is 0.195. The van der Waals surface area contributed by atoms with Crippen molar-refractivity contribution >= 4 is 49.2 Å². The molecule has 8 heteroatoms. The van der Waals surface area contributed by atoms with Gasteiger partial charge >= 0.3 is 0 Å². The zero-order chi connectivity index (χ0) is 14.6. The second kappa shape index (κ2) is 7.24. The monoisotopic (exact) mass is 389 g/mol. The maximum absolute atomic E-state index is 12.3. The first-order valence-corrected chi connectivity index (χ1v) is 8.44. The molecule has 4 nitrogen and oxygen atoms in total. The van der Waals surface area contributed by atoms with E-state index in [0.717, 1.165) is 0 Å². The van der Waals surface area contributed by atoms with Crippen LogP contribution in [0.25, 0.3) is 0 Å². The highest BCUT2D eigenvalue weighted by molar-refractivity contribution is 9.09. The molecule has 0 spiro atoms. The van der Waals surface area contributed by atoms with Gasteiger partial charge in [0.25, 0.3) is 0 Å². The maximum atomic E-state index is 12.3. The van der Waals surface area contributed by atoms with Gasteiger partial charge in [-0.15, -0.1) is 0 Å². The lowest BCUT2D eigenvalue weighted by atomic mass is 10.4. The zero-order valence-corrected chi connectivity index (χ0v) is 14.4. The summed E-state index contributed by atoms with van der Waals surface area (Å²) in [7, 11) is -0.528. The first kappa shape index (κ1) is 17.2. The highest BCUT2D eigenvalue weighted by atomic mass is 79.9. The predicted molar refractivity (Wildman–Crippen MR) is 80.9 cm³/mol. The van der Waals surface area contributed by atoms with Gasteiger partial charge in [0.2, 0.25) is 10.0 Å². The van der Waals surface area contributed by atoms with Gasteiger partial charge in [0, 0.05) is 20.7 Å². The molecule has 0 amide bonds. The van der Waals surface area contributed by atoms with E-state index in [4.69, 9.17) is 27.9 Å². The van der Waals surface area contributed by atoms with Gasteiger partial charge in [-0.05, 0) is 18.2 Å². The van der Waals surface area contributed by atoms with Crippen LogP contribution in [0.5, 0.6) is 0 Å². The van der Waals surface area contributed by atoms with Crippen molar-refractivity contribution in [3.8, 4) is 0 Å². The van der Waals surface area contributed by atoms with Crippen molar-refractivity contribution in [3.63, 3.8) is 0 Å². The van der Waals surface area contributed by atoms with Crippen molar-refractivity contribution in [2.75, 3.05) is 27.3 Å². The SMILES string of the molecule is COCC(Br)CN(C)S(=O)(=O)c1ccc(Cl)c(Cl)c1. The van der Waals surface area contributed by atoms with Gasteiger partial charge in [-0.2, -0.15) is 4.31 Å². The summed E-state index contributed by atoms with van der Waals surface area (Å²) >= 11 is 15.0. The van der Waals surface area contributed by atoms with E-state index in [1.807, 2.05) is 0 Å².